The zero-order valence-corrected chi connectivity index (χ0v) is 11.8. The number of amides is 3. The molecule has 0 spiro atoms. The first-order chi connectivity index (χ1) is 8.50. The van der Waals surface area contributed by atoms with E-state index >= 15 is 0 Å². The average Bonchev–Trinajstić information content (AvgIpc) is 2.36. The van der Waals surface area contributed by atoms with Gasteiger partial charge in [-0.25, -0.2) is 4.79 Å². The second-order valence-electron chi connectivity index (χ2n) is 4.76. The van der Waals surface area contributed by atoms with Crippen molar-refractivity contribution in [3.63, 3.8) is 0 Å². The molecule has 104 valence electrons. The maximum absolute atomic E-state index is 11.4. The highest BCUT2D eigenvalue weighted by Gasteiger charge is 2.18. The molecule has 5 nitrogen and oxygen atoms in total. The smallest absolute Gasteiger partial charge is 0.321 e. The minimum absolute atomic E-state index is 0.291. The molecule has 0 saturated carbocycles. The standard InChI is InChI=1S/C12H22ClN3O2/c1-9(16-6-4-3-5-7-16)8-14-12(18)15-11(17)10(2)13/h9-10H,3-8H2,1-2H3,(H2,14,15,17,18). The first-order valence-electron chi connectivity index (χ1n) is 6.47. The maximum atomic E-state index is 11.4. The summed E-state index contributed by atoms with van der Waals surface area (Å²) in [6.07, 6.45) is 3.73. The minimum Gasteiger partial charge on any atom is -0.336 e. The fourth-order valence-electron chi connectivity index (χ4n) is 1.98. The van der Waals surface area contributed by atoms with E-state index in [1.165, 1.54) is 26.2 Å². The van der Waals surface area contributed by atoms with Crippen LogP contribution in [0.15, 0.2) is 0 Å². The quantitative estimate of drug-likeness (QED) is 0.761. The lowest BCUT2D eigenvalue weighted by Crippen LogP contribution is -2.48. The number of carbonyl (C=O) groups excluding carboxylic acids is 2. The van der Waals surface area contributed by atoms with Gasteiger partial charge in [-0.3, -0.25) is 15.0 Å². The number of nitrogens with one attached hydrogen (secondary N) is 2. The monoisotopic (exact) mass is 275 g/mol. The number of halogens is 1. The Bertz CT molecular complexity index is 291. The van der Waals surface area contributed by atoms with E-state index in [0.717, 1.165) is 13.1 Å². The highest BCUT2D eigenvalue weighted by molar-refractivity contribution is 6.31. The first-order valence-corrected chi connectivity index (χ1v) is 6.91. The summed E-state index contributed by atoms with van der Waals surface area (Å²) in [6, 6.07) is -0.184. The largest absolute Gasteiger partial charge is 0.336 e. The molecule has 1 heterocycles. The van der Waals surface area contributed by atoms with Gasteiger partial charge in [-0.2, -0.15) is 0 Å². The van der Waals surface area contributed by atoms with Gasteiger partial charge in [-0.05, 0) is 39.8 Å². The molecule has 3 amide bonds. The molecule has 1 aliphatic rings. The molecule has 0 aromatic carbocycles. The van der Waals surface area contributed by atoms with E-state index in [2.05, 4.69) is 22.5 Å². The molecular weight excluding hydrogens is 254 g/mol. The van der Waals surface area contributed by atoms with Gasteiger partial charge in [0.05, 0.1) is 0 Å². The van der Waals surface area contributed by atoms with Gasteiger partial charge in [0.25, 0.3) is 0 Å². The van der Waals surface area contributed by atoms with Crippen molar-refractivity contribution in [1.82, 2.24) is 15.5 Å². The minimum atomic E-state index is -0.699. The first kappa shape index (κ1) is 15.2. The molecule has 2 atom stereocenters. The molecule has 0 radical (unpaired) electrons. The van der Waals surface area contributed by atoms with Crippen LogP contribution in [0.3, 0.4) is 0 Å². The fourth-order valence-corrected chi connectivity index (χ4v) is 2.04. The summed E-state index contributed by atoms with van der Waals surface area (Å²) in [4.78, 5) is 25.0. The maximum Gasteiger partial charge on any atom is 0.321 e. The van der Waals surface area contributed by atoms with Crippen LogP contribution in [0.5, 0.6) is 0 Å². The van der Waals surface area contributed by atoms with Crippen LogP contribution in [0.2, 0.25) is 0 Å². The van der Waals surface area contributed by atoms with Gasteiger partial charge in [0, 0.05) is 12.6 Å². The average molecular weight is 276 g/mol. The molecule has 0 aliphatic carbocycles. The summed E-state index contributed by atoms with van der Waals surface area (Å²) in [5.41, 5.74) is 0. The van der Waals surface area contributed by atoms with Gasteiger partial charge in [0.1, 0.15) is 5.38 Å². The van der Waals surface area contributed by atoms with Crippen molar-refractivity contribution >= 4 is 23.5 Å². The van der Waals surface area contributed by atoms with Crippen LogP contribution in [0.4, 0.5) is 4.79 Å². The van der Waals surface area contributed by atoms with E-state index in [4.69, 9.17) is 11.6 Å². The topological polar surface area (TPSA) is 61.4 Å². The van der Waals surface area contributed by atoms with E-state index in [1.807, 2.05) is 0 Å². The lowest BCUT2D eigenvalue weighted by Gasteiger charge is -2.32. The van der Waals surface area contributed by atoms with E-state index in [9.17, 15) is 9.59 Å². The van der Waals surface area contributed by atoms with Crippen LogP contribution < -0.4 is 10.6 Å². The number of likely N-dealkylation sites (tertiary alicyclic amines) is 1. The lowest BCUT2D eigenvalue weighted by atomic mass is 10.1. The van der Waals surface area contributed by atoms with E-state index in [1.54, 1.807) is 0 Å². The van der Waals surface area contributed by atoms with Crippen LogP contribution in [0, 0.1) is 0 Å². The van der Waals surface area contributed by atoms with Gasteiger partial charge >= 0.3 is 6.03 Å². The van der Waals surface area contributed by atoms with E-state index in [0.29, 0.717) is 12.6 Å². The molecule has 0 bridgehead atoms. The summed E-state index contributed by atoms with van der Waals surface area (Å²) >= 11 is 5.56. The molecule has 1 aliphatic heterocycles. The summed E-state index contributed by atoms with van der Waals surface area (Å²) < 4.78 is 0. The highest BCUT2D eigenvalue weighted by atomic mass is 35.5. The van der Waals surface area contributed by atoms with Crippen LogP contribution in [-0.2, 0) is 4.79 Å². The lowest BCUT2D eigenvalue weighted by molar-refractivity contribution is -0.119. The zero-order valence-electron chi connectivity index (χ0n) is 11.0. The molecule has 18 heavy (non-hydrogen) atoms. The molecule has 1 fully saturated rings. The number of piperidine rings is 1. The molecule has 2 unspecified atom stereocenters. The van der Waals surface area contributed by atoms with Crippen molar-refractivity contribution in [1.29, 1.82) is 0 Å². The SMILES string of the molecule is CC(Cl)C(=O)NC(=O)NCC(C)N1CCCCC1. The Morgan fingerprint density at radius 3 is 2.39 bits per heavy atom. The van der Waals surface area contributed by atoms with Crippen LogP contribution in [0.25, 0.3) is 0 Å². The Hall–Kier alpha value is -0.810. The number of hydrogen-bond acceptors (Lipinski definition) is 3. The molecule has 1 saturated heterocycles. The molecule has 2 N–H and O–H groups in total. The van der Waals surface area contributed by atoms with Gasteiger partial charge in [-0.1, -0.05) is 6.42 Å². The Morgan fingerprint density at radius 2 is 1.83 bits per heavy atom. The second-order valence-corrected chi connectivity index (χ2v) is 5.42. The van der Waals surface area contributed by atoms with Crippen molar-refractivity contribution < 1.29 is 9.59 Å². The molecule has 6 heteroatoms. The molecular formula is C12H22ClN3O2. The Morgan fingerprint density at radius 1 is 1.22 bits per heavy atom. The van der Waals surface area contributed by atoms with Gasteiger partial charge in [0.15, 0.2) is 0 Å². The zero-order chi connectivity index (χ0) is 13.5. The summed E-state index contributed by atoms with van der Waals surface area (Å²) in [5, 5.41) is 4.19. The van der Waals surface area contributed by atoms with Crippen LogP contribution in [-0.4, -0.2) is 47.9 Å². The van der Waals surface area contributed by atoms with E-state index in [-0.39, 0.29) is 0 Å². The predicted octanol–water partition coefficient (Wildman–Crippen LogP) is 1.31. The van der Waals surface area contributed by atoms with Crippen molar-refractivity contribution in [3.8, 4) is 0 Å². The Kier molecular flexibility index (Phi) is 6.43. The third-order valence-electron chi connectivity index (χ3n) is 3.17. The van der Waals surface area contributed by atoms with Crippen molar-refractivity contribution in [2.24, 2.45) is 0 Å². The van der Waals surface area contributed by atoms with E-state index < -0.39 is 17.3 Å². The molecule has 1 rings (SSSR count). The predicted molar refractivity (Wildman–Crippen MR) is 71.7 cm³/mol. The molecule has 0 aromatic rings. The highest BCUT2D eigenvalue weighted by Crippen LogP contribution is 2.11. The van der Waals surface area contributed by atoms with Crippen LogP contribution >= 0.6 is 11.6 Å². The van der Waals surface area contributed by atoms with Crippen molar-refractivity contribution in [2.45, 2.75) is 44.5 Å². The number of alkyl halides is 1. The Balaban J connectivity index is 2.22. The third-order valence-corrected chi connectivity index (χ3v) is 3.37. The number of nitrogens with zero attached hydrogens (tertiary/aromatic N) is 1. The number of urea groups is 1. The van der Waals surface area contributed by atoms with Crippen LogP contribution in [0.1, 0.15) is 33.1 Å². The van der Waals surface area contributed by atoms with Crippen molar-refractivity contribution in [3.05, 3.63) is 0 Å². The van der Waals surface area contributed by atoms with Gasteiger partial charge < -0.3 is 5.32 Å². The van der Waals surface area contributed by atoms with Gasteiger partial charge in [0.2, 0.25) is 5.91 Å². The normalized spacial score (nSPS) is 19.9. The summed E-state index contributed by atoms with van der Waals surface area (Å²) in [7, 11) is 0. The fraction of sp³-hybridized carbons (Fsp3) is 0.833. The van der Waals surface area contributed by atoms with Gasteiger partial charge in [-0.15, -0.1) is 11.6 Å². The summed E-state index contributed by atoms with van der Waals surface area (Å²) in [6.45, 7) is 6.32. The number of rotatable bonds is 4. The second kappa shape index (κ2) is 7.59. The number of carbonyl (C=O) groups is 2. The Labute approximate surface area is 113 Å². The molecule has 0 aromatic heterocycles. The summed E-state index contributed by atoms with van der Waals surface area (Å²) in [5.74, 6) is -0.472. The number of hydrogen-bond donors (Lipinski definition) is 2. The third kappa shape index (κ3) is 5.23. The van der Waals surface area contributed by atoms with Crippen molar-refractivity contribution in [2.75, 3.05) is 19.6 Å². The number of imide groups is 1.